The van der Waals surface area contributed by atoms with E-state index >= 15 is 0 Å². The zero-order chi connectivity index (χ0) is 22.1. The summed E-state index contributed by atoms with van der Waals surface area (Å²) in [5, 5.41) is 25.9. The summed E-state index contributed by atoms with van der Waals surface area (Å²) in [6.07, 6.45) is 11.0. The van der Waals surface area contributed by atoms with Crippen LogP contribution >= 0.6 is 0 Å². The Labute approximate surface area is 176 Å². The zero-order valence-electron chi connectivity index (χ0n) is 18.4. The minimum absolute atomic E-state index is 0.219. The molecule has 9 heteroatoms. The molecule has 0 bridgehead atoms. The van der Waals surface area contributed by atoms with E-state index in [9.17, 15) is 9.90 Å². The maximum absolute atomic E-state index is 11.9. The zero-order valence-corrected chi connectivity index (χ0v) is 18.4. The number of rotatable bonds is 17. The Hall–Kier alpha value is -2.03. The van der Waals surface area contributed by atoms with Crippen molar-refractivity contribution in [2.24, 2.45) is 11.5 Å². The predicted octanol–water partition coefficient (Wildman–Crippen LogP) is 2.67. The maximum atomic E-state index is 11.9. The third kappa shape index (κ3) is 13.7. The highest BCUT2D eigenvalue weighted by Gasteiger charge is 2.24. The number of hydrogen-bond acceptors (Lipinski definition) is 4. The number of guanidine groups is 2. The summed E-state index contributed by atoms with van der Waals surface area (Å²) in [5.41, 5.74) is 13.3. The number of aliphatic carboxylic acids is 1. The van der Waals surface area contributed by atoms with E-state index in [1.165, 1.54) is 30.7 Å². The quantitative estimate of drug-likeness (QED) is 0.0926. The minimum atomic E-state index is -0.763. The lowest BCUT2D eigenvalue weighted by Crippen LogP contribution is -2.51. The molecule has 0 aliphatic carbocycles. The molecule has 0 aromatic carbocycles. The molecule has 0 aliphatic heterocycles. The van der Waals surface area contributed by atoms with E-state index in [1.54, 1.807) is 0 Å². The molecule has 0 heterocycles. The van der Waals surface area contributed by atoms with Crippen LogP contribution in [-0.2, 0) is 4.79 Å². The van der Waals surface area contributed by atoms with Crippen LogP contribution in [0.2, 0.25) is 0 Å². The molecule has 8 N–H and O–H groups in total. The van der Waals surface area contributed by atoms with Crippen molar-refractivity contribution in [3.63, 3.8) is 0 Å². The van der Waals surface area contributed by atoms with Crippen LogP contribution in [0, 0.1) is 10.8 Å². The lowest BCUT2D eigenvalue weighted by Gasteiger charge is -2.29. The molecule has 1 atom stereocenters. The minimum Gasteiger partial charge on any atom is -0.480 e. The van der Waals surface area contributed by atoms with Gasteiger partial charge in [-0.15, -0.1) is 0 Å². The summed E-state index contributed by atoms with van der Waals surface area (Å²) in [6.45, 7) is 6.40. The fourth-order valence-electron chi connectivity index (χ4n) is 3.36. The summed E-state index contributed by atoms with van der Waals surface area (Å²) < 4.78 is 0. The SMILES string of the molecule is CCCCCCN(CCCCCC)[C@H](CCCCN(NC(=N)N)C(=N)N)C(=O)O. The van der Waals surface area contributed by atoms with Gasteiger partial charge in [-0.05, 0) is 45.2 Å². The molecule has 0 radical (unpaired) electrons. The second-order valence-electron chi connectivity index (χ2n) is 7.57. The molecule has 0 aromatic rings. The summed E-state index contributed by atoms with van der Waals surface area (Å²) in [4.78, 5) is 14.1. The van der Waals surface area contributed by atoms with Gasteiger partial charge in [-0.1, -0.05) is 52.4 Å². The highest BCUT2D eigenvalue weighted by Crippen LogP contribution is 2.14. The van der Waals surface area contributed by atoms with Gasteiger partial charge in [0.15, 0.2) is 0 Å². The van der Waals surface area contributed by atoms with Crippen LogP contribution in [0.4, 0.5) is 0 Å². The van der Waals surface area contributed by atoms with E-state index in [0.717, 1.165) is 38.8 Å². The van der Waals surface area contributed by atoms with Crippen molar-refractivity contribution >= 4 is 17.9 Å². The van der Waals surface area contributed by atoms with Crippen molar-refractivity contribution in [1.82, 2.24) is 15.3 Å². The third-order valence-corrected chi connectivity index (χ3v) is 4.98. The molecule has 9 nitrogen and oxygen atoms in total. The summed E-state index contributed by atoms with van der Waals surface area (Å²) in [5.74, 6) is -1.27. The maximum Gasteiger partial charge on any atom is 0.320 e. The molecule has 0 aromatic heterocycles. The monoisotopic (exact) mass is 413 g/mol. The number of nitrogens with zero attached hydrogens (tertiary/aromatic N) is 2. The molecule has 0 fully saturated rings. The second-order valence-corrected chi connectivity index (χ2v) is 7.57. The lowest BCUT2D eigenvalue weighted by molar-refractivity contribution is -0.143. The fourth-order valence-corrected chi connectivity index (χ4v) is 3.36. The van der Waals surface area contributed by atoms with E-state index < -0.39 is 12.0 Å². The molecule has 0 unspecified atom stereocenters. The van der Waals surface area contributed by atoms with Gasteiger partial charge in [0.05, 0.1) is 0 Å². The van der Waals surface area contributed by atoms with Crippen LogP contribution in [-0.4, -0.2) is 58.6 Å². The number of unbranched alkanes of at least 4 members (excludes halogenated alkanes) is 7. The molecule has 0 rings (SSSR count). The number of carbonyl (C=O) groups is 1. The Morgan fingerprint density at radius 3 is 1.83 bits per heavy atom. The van der Waals surface area contributed by atoms with Crippen LogP contribution in [0.3, 0.4) is 0 Å². The van der Waals surface area contributed by atoms with Gasteiger partial charge in [-0.2, -0.15) is 0 Å². The number of hydrazine groups is 1. The normalized spacial score (nSPS) is 12.0. The fraction of sp³-hybridized carbons (Fsp3) is 0.850. The van der Waals surface area contributed by atoms with E-state index in [-0.39, 0.29) is 11.9 Å². The van der Waals surface area contributed by atoms with Gasteiger partial charge in [0.2, 0.25) is 11.9 Å². The Balaban J connectivity index is 4.68. The number of carboxylic acids is 1. The molecular weight excluding hydrogens is 370 g/mol. The first-order valence-corrected chi connectivity index (χ1v) is 11.0. The number of hydrogen-bond donors (Lipinski definition) is 6. The van der Waals surface area contributed by atoms with E-state index in [4.69, 9.17) is 22.3 Å². The Kier molecular flexibility index (Phi) is 15.7. The van der Waals surface area contributed by atoms with Gasteiger partial charge in [0.25, 0.3) is 0 Å². The van der Waals surface area contributed by atoms with Crippen LogP contribution in [0.5, 0.6) is 0 Å². The third-order valence-electron chi connectivity index (χ3n) is 4.98. The van der Waals surface area contributed by atoms with Crippen LogP contribution in [0.25, 0.3) is 0 Å². The molecule has 29 heavy (non-hydrogen) atoms. The Morgan fingerprint density at radius 1 is 0.897 bits per heavy atom. The second kappa shape index (κ2) is 16.9. The number of nitrogens with two attached hydrogens (primary N) is 2. The van der Waals surface area contributed by atoms with Gasteiger partial charge in [0, 0.05) is 6.54 Å². The largest absolute Gasteiger partial charge is 0.480 e. The Bertz CT molecular complexity index is 462. The topological polar surface area (TPSA) is 156 Å². The molecule has 0 saturated carbocycles. The lowest BCUT2D eigenvalue weighted by atomic mass is 10.1. The van der Waals surface area contributed by atoms with Gasteiger partial charge in [-0.3, -0.25) is 30.9 Å². The van der Waals surface area contributed by atoms with E-state index in [2.05, 4.69) is 24.2 Å². The first kappa shape index (κ1) is 27.0. The first-order valence-electron chi connectivity index (χ1n) is 11.0. The highest BCUT2D eigenvalue weighted by molar-refractivity contribution is 5.80. The first-order chi connectivity index (χ1) is 13.8. The number of carboxylic acid groups (broad SMARTS) is 1. The summed E-state index contributed by atoms with van der Waals surface area (Å²) in [7, 11) is 0. The van der Waals surface area contributed by atoms with Crippen LogP contribution < -0.4 is 16.9 Å². The van der Waals surface area contributed by atoms with E-state index in [1.807, 2.05) is 0 Å². The van der Waals surface area contributed by atoms with Gasteiger partial charge < -0.3 is 16.6 Å². The predicted molar refractivity (Wildman–Crippen MR) is 119 cm³/mol. The molecule has 0 spiro atoms. The smallest absolute Gasteiger partial charge is 0.320 e. The van der Waals surface area contributed by atoms with Gasteiger partial charge >= 0.3 is 5.97 Å². The molecule has 0 aliphatic rings. The van der Waals surface area contributed by atoms with Crippen LogP contribution in [0.1, 0.15) is 84.5 Å². The van der Waals surface area contributed by atoms with Crippen molar-refractivity contribution in [2.75, 3.05) is 19.6 Å². The van der Waals surface area contributed by atoms with Crippen molar-refractivity contribution in [3.8, 4) is 0 Å². The van der Waals surface area contributed by atoms with Crippen molar-refractivity contribution < 1.29 is 9.90 Å². The number of nitrogens with one attached hydrogen (secondary N) is 3. The standard InChI is InChI=1S/C20H43N7O2/c1-3-5-7-10-14-26(15-11-8-6-4-2)17(18(28)29)13-9-12-16-27(20(23)24)25-19(21)22/h17H,3-16H2,1-2H3,(H3,23,24)(H,28,29)(H4,21,22,25)/t17-/m1/s1. The molecule has 0 amide bonds. The van der Waals surface area contributed by atoms with E-state index in [0.29, 0.717) is 25.8 Å². The summed E-state index contributed by atoms with van der Waals surface area (Å²) in [6, 6.07) is -0.482. The van der Waals surface area contributed by atoms with Gasteiger partial charge in [0.1, 0.15) is 6.04 Å². The average molecular weight is 414 g/mol. The van der Waals surface area contributed by atoms with Crippen molar-refractivity contribution in [3.05, 3.63) is 0 Å². The molecule has 0 saturated heterocycles. The van der Waals surface area contributed by atoms with Crippen molar-refractivity contribution in [2.45, 2.75) is 90.5 Å². The average Bonchev–Trinajstić information content (AvgIpc) is 2.65. The molecule has 170 valence electrons. The summed E-state index contributed by atoms with van der Waals surface area (Å²) >= 11 is 0. The van der Waals surface area contributed by atoms with Crippen molar-refractivity contribution in [1.29, 1.82) is 10.8 Å². The highest BCUT2D eigenvalue weighted by atomic mass is 16.4. The van der Waals surface area contributed by atoms with Crippen LogP contribution in [0.15, 0.2) is 0 Å². The molecular formula is C20H43N7O2. The Morgan fingerprint density at radius 2 is 1.41 bits per heavy atom. The van der Waals surface area contributed by atoms with Gasteiger partial charge in [-0.25, -0.2) is 0 Å².